The summed E-state index contributed by atoms with van der Waals surface area (Å²) in [5, 5.41) is 2.70. The Bertz CT molecular complexity index is 1170. The highest BCUT2D eigenvalue weighted by Crippen LogP contribution is 2.28. The molecular formula is C22H16BrN3O2S. The molecule has 1 saturated heterocycles. The first-order chi connectivity index (χ1) is 14.0. The zero-order valence-corrected chi connectivity index (χ0v) is 17.8. The van der Waals surface area contributed by atoms with Gasteiger partial charge in [0, 0.05) is 22.1 Å². The quantitative estimate of drug-likeness (QED) is 0.354. The van der Waals surface area contributed by atoms with Gasteiger partial charge in [-0.3, -0.25) is 19.8 Å². The second kappa shape index (κ2) is 7.77. The van der Waals surface area contributed by atoms with E-state index in [1.807, 2.05) is 72.3 Å². The van der Waals surface area contributed by atoms with E-state index in [1.54, 1.807) is 12.1 Å². The van der Waals surface area contributed by atoms with Gasteiger partial charge in [0.05, 0.1) is 5.69 Å². The summed E-state index contributed by atoms with van der Waals surface area (Å²) in [6.45, 7) is 1.89. The smallest absolute Gasteiger partial charge is 0.270 e. The molecule has 144 valence electrons. The van der Waals surface area contributed by atoms with Crippen LogP contribution in [0.1, 0.15) is 11.3 Å². The number of hydrogen-bond donors (Lipinski definition) is 1. The van der Waals surface area contributed by atoms with Crippen LogP contribution in [0.25, 0.3) is 11.8 Å². The number of carbonyl (C=O) groups excluding carboxylic acids is 2. The van der Waals surface area contributed by atoms with Crippen LogP contribution in [0.2, 0.25) is 0 Å². The number of nitrogens with zero attached hydrogens (tertiary/aromatic N) is 2. The van der Waals surface area contributed by atoms with E-state index in [9.17, 15) is 9.59 Å². The largest absolute Gasteiger partial charge is 0.317 e. The molecule has 2 heterocycles. The first-order valence-electron chi connectivity index (χ1n) is 8.86. The van der Waals surface area contributed by atoms with E-state index in [2.05, 4.69) is 21.2 Å². The van der Waals surface area contributed by atoms with Crippen molar-refractivity contribution in [3.8, 4) is 5.69 Å². The van der Waals surface area contributed by atoms with Gasteiger partial charge in [0.25, 0.3) is 11.8 Å². The molecule has 0 atom stereocenters. The molecule has 1 N–H and O–H groups in total. The molecule has 1 fully saturated rings. The van der Waals surface area contributed by atoms with Crippen LogP contribution < -0.4 is 10.2 Å². The predicted molar refractivity (Wildman–Crippen MR) is 121 cm³/mol. The molecule has 1 aliphatic rings. The Labute approximate surface area is 181 Å². The first-order valence-corrected chi connectivity index (χ1v) is 10.1. The highest BCUT2D eigenvalue weighted by Gasteiger charge is 2.35. The molecule has 0 aliphatic carbocycles. The molecular weight excluding hydrogens is 450 g/mol. The molecule has 3 aromatic rings. The number of hydrogen-bond acceptors (Lipinski definition) is 3. The highest BCUT2D eigenvalue weighted by molar-refractivity contribution is 9.10. The Kier molecular flexibility index (Phi) is 5.17. The number of para-hydroxylation sites is 1. The summed E-state index contributed by atoms with van der Waals surface area (Å²) in [5.41, 5.74) is 3.17. The minimum Gasteiger partial charge on any atom is -0.317 e. The van der Waals surface area contributed by atoms with Crippen molar-refractivity contribution in [1.29, 1.82) is 0 Å². The number of anilines is 1. The third kappa shape index (κ3) is 3.66. The molecule has 1 aliphatic heterocycles. The Balaban J connectivity index is 1.77. The average Bonchev–Trinajstić information content (AvgIpc) is 3.15. The minimum atomic E-state index is -0.508. The third-order valence-corrected chi connectivity index (χ3v) is 5.39. The lowest BCUT2D eigenvalue weighted by Gasteiger charge is -2.30. The molecule has 4 rings (SSSR count). The predicted octanol–water partition coefficient (Wildman–Crippen LogP) is 4.38. The Morgan fingerprint density at radius 1 is 1.03 bits per heavy atom. The Hall–Kier alpha value is -3.03. The van der Waals surface area contributed by atoms with Crippen molar-refractivity contribution in [2.75, 3.05) is 4.90 Å². The highest BCUT2D eigenvalue weighted by atomic mass is 79.9. The number of aromatic nitrogens is 1. The number of thiocarbonyl (C=S) groups is 1. The lowest BCUT2D eigenvalue weighted by atomic mass is 10.1. The van der Waals surface area contributed by atoms with E-state index in [0.29, 0.717) is 5.69 Å². The average molecular weight is 466 g/mol. The van der Waals surface area contributed by atoms with Crippen molar-refractivity contribution < 1.29 is 9.59 Å². The Morgan fingerprint density at radius 3 is 2.52 bits per heavy atom. The van der Waals surface area contributed by atoms with Gasteiger partial charge in [-0.15, -0.1) is 0 Å². The van der Waals surface area contributed by atoms with Crippen molar-refractivity contribution in [2.24, 2.45) is 0 Å². The van der Waals surface area contributed by atoms with Gasteiger partial charge in [0.15, 0.2) is 5.11 Å². The van der Waals surface area contributed by atoms with Gasteiger partial charge in [0.2, 0.25) is 0 Å². The molecule has 0 bridgehead atoms. The van der Waals surface area contributed by atoms with E-state index >= 15 is 0 Å². The molecule has 2 amide bonds. The zero-order valence-electron chi connectivity index (χ0n) is 15.4. The van der Waals surface area contributed by atoms with Gasteiger partial charge in [-0.05, 0) is 73.2 Å². The summed E-state index contributed by atoms with van der Waals surface area (Å²) < 4.78 is 2.81. The van der Waals surface area contributed by atoms with Gasteiger partial charge in [-0.25, -0.2) is 0 Å². The van der Waals surface area contributed by atoms with Crippen LogP contribution >= 0.6 is 28.1 Å². The maximum atomic E-state index is 13.2. The van der Waals surface area contributed by atoms with Crippen molar-refractivity contribution in [3.63, 3.8) is 0 Å². The zero-order chi connectivity index (χ0) is 20.5. The summed E-state index contributed by atoms with van der Waals surface area (Å²) in [4.78, 5) is 27.2. The van der Waals surface area contributed by atoms with Gasteiger partial charge >= 0.3 is 0 Å². The van der Waals surface area contributed by atoms with E-state index in [1.165, 1.54) is 4.90 Å². The summed E-state index contributed by atoms with van der Waals surface area (Å²) in [7, 11) is 0. The number of benzene rings is 2. The number of carbonyl (C=O) groups is 2. The maximum absolute atomic E-state index is 13.2. The van der Waals surface area contributed by atoms with Gasteiger partial charge in [-0.2, -0.15) is 0 Å². The lowest BCUT2D eigenvalue weighted by Crippen LogP contribution is -2.54. The van der Waals surface area contributed by atoms with Crippen LogP contribution in [0.3, 0.4) is 0 Å². The molecule has 29 heavy (non-hydrogen) atoms. The Morgan fingerprint density at radius 2 is 1.79 bits per heavy atom. The number of rotatable bonds is 3. The molecule has 2 aromatic carbocycles. The number of nitrogens with one attached hydrogen (secondary N) is 1. The lowest BCUT2D eigenvalue weighted by molar-refractivity contribution is -0.122. The molecule has 7 heteroatoms. The first kappa shape index (κ1) is 19.3. The van der Waals surface area contributed by atoms with Crippen LogP contribution in [0, 0.1) is 6.92 Å². The summed E-state index contributed by atoms with van der Waals surface area (Å²) in [5.74, 6) is -0.961. The molecule has 0 unspecified atom stereocenters. The summed E-state index contributed by atoms with van der Waals surface area (Å²) >= 11 is 8.71. The number of amides is 2. The van der Waals surface area contributed by atoms with Crippen molar-refractivity contribution in [2.45, 2.75) is 6.92 Å². The minimum absolute atomic E-state index is 0.0248. The summed E-state index contributed by atoms with van der Waals surface area (Å²) in [6.07, 6.45) is 3.47. The van der Waals surface area contributed by atoms with Gasteiger partial charge in [0.1, 0.15) is 5.57 Å². The standard InChI is InChI=1S/C22H16BrN3O2S/c1-14-12-15(23)9-10-19(14)26-21(28)18(20(27)24-22(26)29)13-17-8-5-11-25(17)16-6-3-2-4-7-16/h2-13H,1H3,(H,24,27,29). The molecule has 0 radical (unpaired) electrons. The number of aryl methyl sites for hydroxylation is 1. The van der Waals surface area contributed by atoms with Gasteiger partial charge in [-0.1, -0.05) is 34.1 Å². The maximum Gasteiger partial charge on any atom is 0.270 e. The van der Waals surface area contributed by atoms with E-state index < -0.39 is 11.8 Å². The van der Waals surface area contributed by atoms with Crippen molar-refractivity contribution in [1.82, 2.24) is 9.88 Å². The van der Waals surface area contributed by atoms with Crippen LogP contribution in [-0.4, -0.2) is 21.5 Å². The fraction of sp³-hybridized carbons (Fsp3) is 0.0455. The second-order valence-electron chi connectivity index (χ2n) is 6.53. The normalized spacial score (nSPS) is 15.7. The monoisotopic (exact) mass is 465 g/mol. The van der Waals surface area contributed by atoms with Crippen LogP contribution in [0.5, 0.6) is 0 Å². The molecule has 1 aromatic heterocycles. The molecule has 5 nitrogen and oxygen atoms in total. The van der Waals surface area contributed by atoms with Crippen LogP contribution in [-0.2, 0) is 9.59 Å². The fourth-order valence-electron chi connectivity index (χ4n) is 3.23. The van der Waals surface area contributed by atoms with Crippen molar-refractivity contribution in [3.05, 3.63) is 88.2 Å². The molecule has 0 spiro atoms. The van der Waals surface area contributed by atoms with E-state index in [0.717, 1.165) is 21.4 Å². The second-order valence-corrected chi connectivity index (χ2v) is 7.83. The van der Waals surface area contributed by atoms with Crippen LogP contribution in [0.15, 0.2) is 76.9 Å². The SMILES string of the molecule is Cc1cc(Br)ccc1N1C(=O)C(=Cc2cccn2-c2ccccc2)C(=O)NC1=S. The van der Waals surface area contributed by atoms with Crippen LogP contribution in [0.4, 0.5) is 5.69 Å². The molecule has 0 saturated carbocycles. The van der Waals surface area contributed by atoms with Crippen molar-refractivity contribution >= 4 is 56.8 Å². The topological polar surface area (TPSA) is 54.3 Å². The fourth-order valence-corrected chi connectivity index (χ4v) is 3.98. The summed E-state index contributed by atoms with van der Waals surface area (Å²) in [6, 6.07) is 18.9. The number of halogens is 1. The van der Waals surface area contributed by atoms with E-state index in [-0.39, 0.29) is 10.7 Å². The van der Waals surface area contributed by atoms with E-state index in [4.69, 9.17) is 12.2 Å². The van der Waals surface area contributed by atoms with Gasteiger partial charge < -0.3 is 4.57 Å². The third-order valence-electron chi connectivity index (χ3n) is 4.61.